The molecule has 96 valence electrons. The van der Waals surface area contributed by atoms with Gasteiger partial charge in [-0.05, 0) is 47.4 Å². The molecule has 1 aliphatic heterocycles. The van der Waals surface area contributed by atoms with E-state index in [4.69, 9.17) is 4.98 Å². The number of hydrogen-bond donors (Lipinski definition) is 1. The highest BCUT2D eigenvalue weighted by atomic mass is 79.9. The normalized spacial score (nSPS) is 19.6. The minimum absolute atomic E-state index is 0.376. The van der Waals surface area contributed by atoms with Gasteiger partial charge in [0.2, 0.25) is 0 Å². The first kappa shape index (κ1) is 12.0. The van der Waals surface area contributed by atoms with Gasteiger partial charge in [0.15, 0.2) is 0 Å². The van der Waals surface area contributed by atoms with Crippen LogP contribution >= 0.6 is 15.9 Å². The van der Waals surface area contributed by atoms with Crippen LogP contribution in [0.2, 0.25) is 0 Å². The Labute approximate surface area is 115 Å². The average Bonchev–Trinajstić information content (AvgIpc) is 2.97. The highest BCUT2D eigenvalue weighted by Gasteiger charge is 2.23. The molecule has 3 rings (SSSR count). The molecular weight excluding hydrogens is 292 g/mol. The summed E-state index contributed by atoms with van der Waals surface area (Å²) in [6, 6.07) is 4.57. The lowest BCUT2D eigenvalue weighted by molar-refractivity contribution is 0.602. The number of halogens is 1. The summed E-state index contributed by atoms with van der Waals surface area (Å²) in [5.74, 6) is 1.11. The Hall–Kier alpha value is -1.07. The van der Waals surface area contributed by atoms with E-state index >= 15 is 0 Å². The predicted octanol–water partition coefficient (Wildman–Crippen LogP) is 2.59. The molecule has 1 saturated heterocycles. The molecule has 5 heteroatoms. The van der Waals surface area contributed by atoms with Gasteiger partial charge < -0.3 is 10.2 Å². The van der Waals surface area contributed by atoms with E-state index in [2.05, 4.69) is 63.0 Å². The van der Waals surface area contributed by atoms with Gasteiger partial charge in [0, 0.05) is 20.3 Å². The fourth-order valence-corrected chi connectivity index (χ4v) is 3.19. The van der Waals surface area contributed by atoms with E-state index in [0.29, 0.717) is 6.04 Å². The molecular formula is C13H17BrN4. The first-order chi connectivity index (χ1) is 8.68. The lowest BCUT2D eigenvalue weighted by Crippen LogP contribution is -2.16. The standard InChI is InChI=1S/C13H17BrN4/c1-17(2)10-6-4-8-18-11(10)12(14)16-13(18)9-5-3-7-15-9/h4,6,8-9,15H,3,5,7H2,1-2H3. The number of nitrogens with zero attached hydrogens (tertiary/aromatic N) is 3. The number of anilines is 1. The second kappa shape index (κ2) is 4.55. The SMILES string of the molecule is CN(C)c1cccn2c(C3CCCN3)nc(Br)c12. The first-order valence-corrected chi connectivity index (χ1v) is 7.05. The molecule has 1 unspecified atom stereocenters. The maximum absolute atomic E-state index is 4.71. The zero-order valence-electron chi connectivity index (χ0n) is 10.7. The topological polar surface area (TPSA) is 32.6 Å². The number of pyridine rings is 1. The number of fused-ring (bicyclic) bond motifs is 1. The molecule has 0 saturated carbocycles. The summed E-state index contributed by atoms with van der Waals surface area (Å²) in [6.07, 6.45) is 4.48. The van der Waals surface area contributed by atoms with Gasteiger partial charge >= 0.3 is 0 Å². The second-order valence-corrected chi connectivity index (χ2v) is 5.67. The van der Waals surface area contributed by atoms with Gasteiger partial charge in [0.05, 0.1) is 11.7 Å². The fraction of sp³-hybridized carbons (Fsp3) is 0.462. The van der Waals surface area contributed by atoms with Gasteiger partial charge in [0.1, 0.15) is 15.9 Å². The van der Waals surface area contributed by atoms with Crippen LogP contribution in [0.5, 0.6) is 0 Å². The lowest BCUT2D eigenvalue weighted by Gasteiger charge is -2.15. The van der Waals surface area contributed by atoms with E-state index in [-0.39, 0.29) is 0 Å². The Kier molecular flexibility index (Phi) is 3.03. The minimum Gasteiger partial charge on any atom is -0.376 e. The number of imidazole rings is 1. The molecule has 0 aliphatic carbocycles. The van der Waals surface area contributed by atoms with Crippen molar-refractivity contribution < 1.29 is 0 Å². The highest BCUT2D eigenvalue weighted by molar-refractivity contribution is 9.10. The van der Waals surface area contributed by atoms with Crippen LogP contribution < -0.4 is 10.2 Å². The maximum atomic E-state index is 4.71. The van der Waals surface area contributed by atoms with Gasteiger partial charge in [0.25, 0.3) is 0 Å². The van der Waals surface area contributed by atoms with E-state index in [1.165, 1.54) is 12.1 Å². The van der Waals surface area contributed by atoms with Crippen molar-refractivity contribution in [3.8, 4) is 0 Å². The molecule has 0 amide bonds. The van der Waals surface area contributed by atoms with E-state index in [1.54, 1.807) is 0 Å². The first-order valence-electron chi connectivity index (χ1n) is 6.25. The Bertz CT molecular complexity index is 570. The molecule has 0 bridgehead atoms. The van der Waals surface area contributed by atoms with Crippen LogP contribution in [0.1, 0.15) is 24.7 Å². The molecule has 1 N–H and O–H groups in total. The van der Waals surface area contributed by atoms with E-state index < -0.39 is 0 Å². The largest absolute Gasteiger partial charge is 0.376 e. The van der Waals surface area contributed by atoms with Gasteiger partial charge in [-0.25, -0.2) is 4.98 Å². The number of hydrogen-bond acceptors (Lipinski definition) is 3. The predicted molar refractivity (Wildman–Crippen MR) is 77.2 cm³/mol. The lowest BCUT2D eigenvalue weighted by atomic mass is 10.2. The van der Waals surface area contributed by atoms with Crippen LogP contribution in [0.25, 0.3) is 5.52 Å². The van der Waals surface area contributed by atoms with Gasteiger partial charge in [-0.2, -0.15) is 0 Å². The third kappa shape index (κ3) is 1.82. The van der Waals surface area contributed by atoms with Gasteiger partial charge in [-0.3, -0.25) is 4.40 Å². The molecule has 18 heavy (non-hydrogen) atoms. The smallest absolute Gasteiger partial charge is 0.134 e. The summed E-state index contributed by atoms with van der Waals surface area (Å²) in [6.45, 7) is 1.09. The molecule has 1 atom stereocenters. The van der Waals surface area contributed by atoms with Crippen LogP contribution in [-0.2, 0) is 0 Å². The summed E-state index contributed by atoms with van der Waals surface area (Å²) in [5.41, 5.74) is 2.33. The maximum Gasteiger partial charge on any atom is 0.134 e. The van der Waals surface area contributed by atoms with Gasteiger partial charge in [-0.15, -0.1) is 0 Å². The van der Waals surface area contributed by atoms with Crippen molar-refractivity contribution in [2.45, 2.75) is 18.9 Å². The summed E-state index contributed by atoms with van der Waals surface area (Å²) < 4.78 is 3.12. The van der Waals surface area contributed by atoms with Crippen molar-refractivity contribution in [2.24, 2.45) is 0 Å². The van der Waals surface area contributed by atoms with Crippen molar-refractivity contribution in [3.05, 3.63) is 28.8 Å². The molecule has 2 aromatic heterocycles. The number of rotatable bonds is 2. The van der Waals surface area contributed by atoms with E-state index in [1.807, 2.05) is 0 Å². The quantitative estimate of drug-likeness (QED) is 0.925. The van der Waals surface area contributed by atoms with Crippen LogP contribution in [-0.4, -0.2) is 30.0 Å². The van der Waals surface area contributed by atoms with Crippen molar-refractivity contribution in [1.82, 2.24) is 14.7 Å². The molecule has 4 nitrogen and oxygen atoms in total. The third-order valence-electron chi connectivity index (χ3n) is 3.48. The average molecular weight is 309 g/mol. The molecule has 0 spiro atoms. The molecule has 1 aliphatic rings. The third-order valence-corrected chi connectivity index (χ3v) is 4.03. The summed E-state index contributed by atoms with van der Waals surface area (Å²) in [4.78, 5) is 6.82. The minimum atomic E-state index is 0.376. The van der Waals surface area contributed by atoms with Crippen molar-refractivity contribution in [2.75, 3.05) is 25.5 Å². The Morgan fingerprint density at radius 3 is 3.00 bits per heavy atom. The summed E-state index contributed by atoms with van der Waals surface area (Å²) in [7, 11) is 4.12. The fourth-order valence-electron chi connectivity index (χ4n) is 2.61. The van der Waals surface area contributed by atoms with Crippen LogP contribution in [0, 0.1) is 0 Å². The van der Waals surface area contributed by atoms with Crippen molar-refractivity contribution in [3.63, 3.8) is 0 Å². The van der Waals surface area contributed by atoms with Gasteiger partial charge in [-0.1, -0.05) is 0 Å². The Morgan fingerprint density at radius 2 is 2.33 bits per heavy atom. The Morgan fingerprint density at radius 1 is 1.50 bits per heavy atom. The zero-order valence-corrected chi connectivity index (χ0v) is 12.2. The van der Waals surface area contributed by atoms with Crippen molar-refractivity contribution in [1.29, 1.82) is 0 Å². The summed E-state index contributed by atoms with van der Waals surface area (Å²) in [5, 5.41) is 3.51. The van der Waals surface area contributed by atoms with E-state index in [0.717, 1.165) is 28.9 Å². The summed E-state index contributed by atoms with van der Waals surface area (Å²) >= 11 is 3.60. The highest BCUT2D eigenvalue weighted by Crippen LogP contribution is 2.32. The van der Waals surface area contributed by atoms with E-state index in [9.17, 15) is 0 Å². The molecule has 2 aromatic rings. The molecule has 0 aromatic carbocycles. The molecule has 3 heterocycles. The van der Waals surface area contributed by atoms with Crippen LogP contribution in [0.3, 0.4) is 0 Å². The van der Waals surface area contributed by atoms with Crippen molar-refractivity contribution >= 4 is 27.1 Å². The Balaban J connectivity index is 2.20. The molecule has 1 fully saturated rings. The number of nitrogens with one attached hydrogen (secondary N) is 1. The van der Waals surface area contributed by atoms with Crippen LogP contribution in [0.4, 0.5) is 5.69 Å². The number of aromatic nitrogens is 2. The zero-order chi connectivity index (χ0) is 12.7. The van der Waals surface area contributed by atoms with Crippen LogP contribution in [0.15, 0.2) is 22.9 Å². The second-order valence-electron chi connectivity index (χ2n) is 4.92. The molecule has 0 radical (unpaired) electrons. The monoisotopic (exact) mass is 308 g/mol.